The van der Waals surface area contributed by atoms with Gasteiger partial charge in [-0.1, -0.05) is 0 Å². The molecular weight excluding hydrogens is 216 g/mol. The van der Waals surface area contributed by atoms with Crippen LogP contribution < -0.4 is 9.64 Å². The predicted molar refractivity (Wildman–Crippen MR) is 65.2 cm³/mol. The Morgan fingerprint density at radius 3 is 2.82 bits per heavy atom. The fourth-order valence-electron chi connectivity index (χ4n) is 1.96. The number of methoxy groups -OCH3 is 1. The first-order valence-corrected chi connectivity index (χ1v) is 5.75. The second-order valence-electron chi connectivity index (χ2n) is 4.14. The van der Waals surface area contributed by atoms with Crippen molar-refractivity contribution >= 4 is 5.69 Å². The normalized spacial score (nSPS) is 14.2. The lowest BCUT2D eigenvalue weighted by Gasteiger charge is -2.25. The molecule has 1 fully saturated rings. The van der Waals surface area contributed by atoms with Crippen LogP contribution in [0.5, 0.6) is 5.75 Å². The molecule has 1 aliphatic rings. The number of aliphatic hydroxyl groups is 1. The first-order chi connectivity index (χ1) is 8.30. The van der Waals surface area contributed by atoms with Crippen LogP contribution in [0.3, 0.4) is 0 Å². The minimum Gasteiger partial charge on any atom is -0.497 e. The number of nitrogens with zero attached hydrogens (tertiary/aromatic N) is 2. The molecular formula is C13H16N2O2. The Bertz CT molecular complexity index is 436. The van der Waals surface area contributed by atoms with Crippen LogP contribution in [-0.2, 0) is 0 Å². The molecule has 4 heteroatoms. The van der Waals surface area contributed by atoms with Gasteiger partial charge in [0.1, 0.15) is 11.8 Å². The van der Waals surface area contributed by atoms with Crippen molar-refractivity contribution in [2.24, 2.45) is 0 Å². The van der Waals surface area contributed by atoms with Gasteiger partial charge in [-0.05, 0) is 25.0 Å². The van der Waals surface area contributed by atoms with Crippen LogP contribution in [0.15, 0.2) is 18.2 Å². The van der Waals surface area contributed by atoms with E-state index in [9.17, 15) is 0 Å². The van der Waals surface area contributed by atoms with Gasteiger partial charge < -0.3 is 14.7 Å². The average Bonchev–Trinajstić information content (AvgIpc) is 3.19. The third-order valence-electron chi connectivity index (χ3n) is 2.96. The largest absolute Gasteiger partial charge is 0.497 e. The summed E-state index contributed by atoms with van der Waals surface area (Å²) in [6.45, 7) is 0.658. The minimum atomic E-state index is 0.0958. The van der Waals surface area contributed by atoms with E-state index < -0.39 is 0 Å². The van der Waals surface area contributed by atoms with E-state index in [1.54, 1.807) is 19.2 Å². The third-order valence-corrected chi connectivity index (χ3v) is 2.96. The van der Waals surface area contributed by atoms with E-state index >= 15 is 0 Å². The Balaban J connectivity index is 2.35. The Morgan fingerprint density at radius 1 is 1.53 bits per heavy atom. The highest BCUT2D eigenvalue weighted by Crippen LogP contribution is 2.35. The van der Waals surface area contributed by atoms with E-state index in [1.807, 2.05) is 6.07 Å². The van der Waals surface area contributed by atoms with Crippen molar-refractivity contribution in [1.29, 1.82) is 5.26 Å². The predicted octanol–water partition coefficient (Wildman–Crippen LogP) is 1.53. The topological polar surface area (TPSA) is 56.5 Å². The highest BCUT2D eigenvalue weighted by molar-refractivity contribution is 5.63. The van der Waals surface area contributed by atoms with Gasteiger partial charge in [0, 0.05) is 18.7 Å². The van der Waals surface area contributed by atoms with E-state index in [1.165, 1.54) is 0 Å². The summed E-state index contributed by atoms with van der Waals surface area (Å²) >= 11 is 0. The molecule has 0 aromatic heterocycles. The Morgan fingerprint density at radius 2 is 2.29 bits per heavy atom. The summed E-state index contributed by atoms with van der Waals surface area (Å²) in [7, 11) is 1.61. The van der Waals surface area contributed by atoms with Gasteiger partial charge in [-0.3, -0.25) is 0 Å². The molecule has 1 aromatic rings. The molecule has 90 valence electrons. The van der Waals surface area contributed by atoms with Crippen molar-refractivity contribution in [3.63, 3.8) is 0 Å². The summed E-state index contributed by atoms with van der Waals surface area (Å²) in [5.74, 6) is 0.739. The van der Waals surface area contributed by atoms with Crippen LogP contribution in [-0.4, -0.2) is 31.4 Å². The lowest BCUT2D eigenvalue weighted by Crippen LogP contribution is -2.29. The zero-order chi connectivity index (χ0) is 12.3. The fraction of sp³-hybridized carbons (Fsp3) is 0.462. The SMILES string of the molecule is COc1ccc(C#N)c(N(CCO)C2CC2)c1. The molecule has 1 saturated carbocycles. The zero-order valence-corrected chi connectivity index (χ0v) is 9.89. The van der Waals surface area contributed by atoms with Crippen LogP contribution in [0.2, 0.25) is 0 Å². The monoisotopic (exact) mass is 232 g/mol. The number of anilines is 1. The lowest BCUT2D eigenvalue weighted by molar-refractivity contribution is 0.301. The maximum Gasteiger partial charge on any atom is 0.121 e. The number of nitriles is 1. The van der Waals surface area contributed by atoms with E-state index in [2.05, 4.69) is 11.0 Å². The highest BCUT2D eigenvalue weighted by Gasteiger charge is 2.30. The molecule has 0 unspecified atom stereocenters. The summed E-state index contributed by atoms with van der Waals surface area (Å²) in [4.78, 5) is 2.10. The molecule has 2 rings (SSSR count). The molecule has 0 spiro atoms. The van der Waals surface area contributed by atoms with Crippen molar-refractivity contribution in [3.8, 4) is 11.8 Å². The standard InChI is InChI=1S/C13H16N2O2/c1-17-12-5-2-10(9-14)13(8-12)15(6-7-16)11-3-4-11/h2,5,8,11,16H,3-4,6-7H2,1H3. The van der Waals surface area contributed by atoms with Gasteiger partial charge in [0.05, 0.1) is 25.0 Å². The van der Waals surface area contributed by atoms with Gasteiger partial charge in [-0.25, -0.2) is 0 Å². The number of hydrogen-bond acceptors (Lipinski definition) is 4. The van der Waals surface area contributed by atoms with E-state index in [0.717, 1.165) is 24.3 Å². The van der Waals surface area contributed by atoms with Crippen LogP contribution in [0, 0.1) is 11.3 Å². The first kappa shape index (κ1) is 11.7. The van der Waals surface area contributed by atoms with Crippen LogP contribution >= 0.6 is 0 Å². The van der Waals surface area contributed by atoms with Crippen LogP contribution in [0.25, 0.3) is 0 Å². The number of benzene rings is 1. The fourth-order valence-corrected chi connectivity index (χ4v) is 1.96. The van der Waals surface area contributed by atoms with E-state index in [4.69, 9.17) is 15.1 Å². The molecule has 1 aromatic carbocycles. The van der Waals surface area contributed by atoms with Crippen molar-refractivity contribution in [3.05, 3.63) is 23.8 Å². The maximum absolute atomic E-state index is 9.12. The highest BCUT2D eigenvalue weighted by atomic mass is 16.5. The van der Waals surface area contributed by atoms with Crippen LogP contribution in [0.4, 0.5) is 5.69 Å². The molecule has 0 bridgehead atoms. The molecule has 0 heterocycles. The number of hydrogen-bond donors (Lipinski definition) is 1. The van der Waals surface area contributed by atoms with Crippen LogP contribution in [0.1, 0.15) is 18.4 Å². The molecule has 17 heavy (non-hydrogen) atoms. The van der Waals surface area contributed by atoms with E-state index in [-0.39, 0.29) is 6.61 Å². The number of rotatable bonds is 5. The third kappa shape index (κ3) is 2.51. The van der Waals surface area contributed by atoms with Gasteiger partial charge in [0.2, 0.25) is 0 Å². The average molecular weight is 232 g/mol. The number of ether oxygens (including phenoxy) is 1. The molecule has 0 atom stereocenters. The van der Waals surface area contributed by atoms with Crippen molar-refractivity contribution in [2.75, 3.05) is 25.2 Å². The molecule has 1 N–H and O–H groups in total. The summed E-state index contributed by atoms with van der Waals surface area (Å²) < 4.78 is 5.18. The second kappa shape index (κ2) is 5.07. The lowest BCUT2D eigenvalue weighted by atomic mass is 10.1. The molecule has 0 radical (unpaired) electrons. The Labute approximate surface area is 101 Å². The number of aliphatic hydroxyl groups excluding tert-OH is 1. The van der Waals surface area contributed by atoms with Gasteiger partial charge in [-0.2, -0.15) is 5.26 Å². The summed E-state index contributed by atoms with van der Waals surface area (Å²) in [6, 6.07) is 8.07. The van der Waals surface area contributed by atoms with Gasteiger partial charge in [0.15, 0.2) is 0 Å². The molecule has 0 aliphatic heterocycles. The van der Waals surface area contributed by atoms with Gasteiger partial charge in [0.25, 0.3) is 0 Å². The quantitative estimate of drug-likeness (QED) is 0.836. The Hall–Kier alpha value is -1.73. The summed E-state index contributed by atoms with van der Waals surface area (Å²) in [6.07, 6.45) is 2.25. The smallest absolute Gasteiger partial charge is 0.121 e. The van der Waals surface area contributed by atoms with Crippen molar-refractivity contribution in [1.82, 2.24) is 0 Å². The van der Waals surface area contributed by atoms with E-state index in [0.29, 0.717) is 18.2 Å². The Kier molecular flexibility index (Phi) is 3.50. The molecule has 0 saturated heterocycles. The van der Waals surface area contributed by atoms with Gasteiger partial charge >= 0.3 is 0 Å². The minimum absolute atomic E-state index is 0.0958. The first-order valence-electron chi connectivity index (χ1n) is 5.75. The zero-order valence-electron chi connectivity index (χ0n) is 9.89. The summed E-state index contributed by atoms with van der Waals surface area (Å²) in [5.41, 5.74) is 1.49. The van der Waals surface area contributed by atoms with Crippen molar-refractivity contribution in [2.45, 2.75) is 18.9 Å². The van der Waals surface area contributed by atoms with Gasteiger partial charge in [-0.15, -0.1) is 0 Å². The summed E-state index contributed by atoms with van der Waals surface area (Å²) in [5, 5.41) is 18.2. The molecule has 0 amide bonds. The van der Waals surface area contributed by atoms with Crippen molar-refractivity contribution < 1.29 is 9.84 Å². The molecule has 1 aliphatic carbocycles. The maximum atomic E-state index is 9.12. The second-order valence-corrected chi connectivity index (χ2v) is 4.14. The molecule has 4 nitrogen and oxygen atoms in total.